The van der Waals surface area contributed by atoms with E-state index in [9.17, 15) is 9.59 Å². The number of carbonyl (C=O) groups excluding carboxylic acids is 2. The number of aryl methyl sites for hydroxylation is 2. The zero-order chi connectivity index (χ0) is 31.8. The summed E-state index contributed by atoms with van der Waals surface area (Å²) in [5.41, 5.74) is 6.78. The minimum absolute atomic E-state index is 0.228. The van der Waals surface area contributed by atoms with Gasteiger partial charge in [-0.2, -0.15) is 0 Å². The highest BCUT2D eigenvalue weighted by Gasteiger charge is 2.27. The summed E-state index contributed by atoms with van der Waals surface area (Å²) in [6.45, 7) is 6.05. The quantitative estimate of drug-likeness (QED) is 0.0789. The van der Waals surface area contributed by atoms with E-state index in [4.69, 9.17) is 17.0 Å². The first-order valence-electron chi connectivity index (χ1n) is 14.4. The fourth-order valence-electron chi connectivity index (χ4n) is 4.59. The normalized spacial score (nSPS) is 11.4. The number of anilines is 3. The summed E-state index contributed by atoms with van der Waals surface area (Å²) in [5, 5.41) is 11.7. The van der Waals surface area contributed by atoms with Gasteiger partial charge >= 0.3 is 5.97 Å². The summed E-state index contributed by atoms with van der Waals surface area (Å²) in [6.07, 6.45) is 0. The van der Waals surface area contributed by atoms with Crippen molar-refractivity contribution in [3.8, 4) is 11.1 Å². The van der Waals surface area contributed by atoms with Gasteiger partial charge in [-0.1, -0.05) is 83.9 Å². The summed E-state index contributed by atoms with van der Waals surface area (Å²) in [7, 11) is 0. The number of esters is 1. The second-order valence-electron chi connectivity index (χ2n) is 10.3. The largest absolute Gasteiger partial charge is 0.462 e. The Morgan fingerprint density at radius 3 is 2.18 bits per heavy atom. The molecule has 1 atom stereocenters. The third-order valence-electron chi connectivity index (χ3n) is 6.87. The van der Waals surface area contributed by atoms with Gasteiger partial charge in [0.05, 0.1) is 6.61 Å². The van der Waals surface area contributed by atoms with Crippen LogP contribution in [0.1, 0.15) is 39.2 Å². The van der Waals surface area contributed by atoms with E-state index in [0.29, 0.717) is 15.7 Å². The molecule has 45 heavy (non-hydrogen) atoms. The summed E-state index contributed by atoms with van der Waals surface area (Å²) in [5.74, 6) is -0.716. The van der Waals surface area contributed by atoms with E-state index >= 15 is 0 Å². The molecule has 0 saturated heterocycles. The van der Waals surface area contributed by atoms with Crippen molar-refractivity contribution in [1.29, 1.82) is 0 Å². The van der Waals surface area contributed by atoms with Crippen LogP contribution in [0, 0.1) is 13.8 Å². The Labute approximate surface area is 277 Å². The van der Waals surface area contributed by atoms with E-state index in [1.807, 2.05) is 122 Å². The fourth-order valence-corrected chi connectivity index (χ4v) is 6.87. The highest BCUT2D eigenvalue weighted by Crippen LogP contribution is 2.40. The number of thiocarbonyl (C=S) groups is 1. The molecule has 5 aromatic rings. The Bertz CT molecular complexity index is 1790. The zero-order valence-corrected chi connectivity index (χ0v) is 27.6. The molecule has 1 aromatic heterocycles. The van der Waals surface area contributed by atoms with E-state index in [-0.39, 0.29) is 12.5 Å². The van der Waals surface area contributed by atoms with Crippen molar-refractivity contribution >= 4 is 68.7 Å². The SMILES string of the molecule is CCOC(=O)c1c(-c2ccc(C)cc2)csc1NC(=O)C(Sc1cccc(NC(=S)Nc2ccc(C)cc2)c1)c1ccccc1. The van der Waals surface area contributed by atoms with E-state index < -0.39 is 11.2 Å². The highest BCUT2D eigenvalue weighted by atomic mass is 32.2. The summed E-state index contributed by atoms with van der Waals surface area (Å²) in [4.78, 5) is 28.0. The topological polar surface area (TPSA) is 79.5 Å². The van der Waals surface area contributed by atoms with Gasteiger partial charge in [-0.3, -0.25) is 4.79 Å². The van der Waals surface area contributed by atoms with Crippen LogP contribution in [0.2, 0.25) is 0 Å². The van der Waals surface area contributed by atoms with Crippen molar-refractivity contribution in [2.45, 2.75) is 30.9 Å². The third kappa shape index (κ3) is 8.39. The summed E-state index contributed by atoms with van der Waals surface area (Å²) >= 11 is 8.27. The summed E-state index contributed by atoms with van der Waals surface area (Å²) < 4.78 is 5.41. The molecule has 4 aromatic carbocycles. The minimum atomic E-state index is -0.598. The van der Waals surface area contributed by atoms with Crippen molar-refractivity contribution < 1.29 is 14.3 Å². The average molecular weight is 652 g/mol. The van der Waals surface area contributed by atoms with Crippen LogP contribution in [0.4, 0.5) is 16.4 Å². The molecule has 0 saturated carbocycles. The van der Waals surface area contributed by atoms with Gasteiger partial charge in [-0.05, 0) is 74.4 Å². The molecule has 1 unspecified atom stereocenters. The second-order valence-corrected chi connectivity index (χ2v) is 12.8. The Morgan fingerprint density at radius 1 is 0.822 bits per heavy atom. The highest BCUT2D eigenvalue weighted by molar-refractivity contribution is 8.00. The predicted octanol–water partition coefficient (Wildman–Crippen LogP) is 9.49. The number of benzene rings is 4. The first kappa shape index (κ1) is 32.0. The third-order valence-corrected chi connectivity index (χ3v) is 9.21. The smallest absolute Gasteiger partial charge is 0.341 e. The molecule has 0 spiro atoms. The lowest BCUT2D eigenvalue weighted by Gasteiger charge is -2.18. The number of hydrogen-bond acceptors (Lipinski definition) is 6. The van der Waals surface area contributed by atoms with Crippen LogP contribution in [-0.4, -0.2) is 23.6 Å². The lowest BCUT2D eigenvalue weighted by molar-refractivity contribution is -0.115. The molecule has 0 fully saturated rings. The molecule has 1 heterocycles. The predicted molar refractivity (Wildman–Crippen MR) is 192 cm³/mol. The molecular weight excluding hydrogens is 619 g/mol. The summed E-state index contributed by atoms with van der Waals surface area (Å²) in [6, 6.07) is 33.3. The van der Waals surface area contributed by atoms with Crippen LogP contribution in [0.25, 0.3) is 11.1 Å². The molecule has 0 aliphatic rings. The van der Waals surface area contributed by atoms with Crippen LogP contribution >= 0.6 is 35.3 Å². The number of carbonyl (C=O) groups is 2. The van der Waals surface area contributed by atoms with Gasteiger partial charge in [0.2, 0.25) is 5.91 Å². The van der Waals surface area contributed by atoms with Gasteiger partial charge in [-0.25, -0.2) is 4.79 Å². The molecule has 1 amide bonds. The minimum Gasteiger partial charge on any atom is -0.462 e. The lowest BCUT2D eigenvalue weighted by Crippen LogP contribution is -2.20. The molecule has 0 bridgehead atoms. The molecule has 6 nitrogen and oxygen atoms in total. The van der Waals surface area contributed by atoms with Crippen LogP contribution in [-0.2, 0) is 9.53 Å². The van der Waals surface area contributed by atoms with E-state index in [0.717, 1.165) is 38.5 Å². The average Bonchev–Trinajstić information content (AvgIpc) is 3.45. The molecule has 3 N–H and O–H groups in total. The standard InChI is InChI=1S/C36H33N3O3S3/c1-4-42-35(41)31-30(25-17-13-23(2)14-18-25)22-44-34(31)39-33(40)32(26-9-6-5-7-10-26)45-29-12-8-11-28(21-29)38-36(43)37-27-19-15-24(3)16-20-27/h5-22,32H,4H2,1-3H3,(H,39,40)(H2,37,38,43). The molecule has 228 valence electrons. The molecule has 0 aliphatic carbocycles. The Hall–Kier alpha value is -4.44. The Balaban J connectivity index is 1.38. The second kappa shape index (κ2) is 15.0. The number of thioether (sulfide) groups is 1. The van der Waals surface area contributed by atoms with E-state index in [1.54, 1.807) is 6.92 Å². The van der Waals surface area contributed by atoms with Crippen molar-refractivity contribution in [3.05, 3.63) is 131 Å². The van der Waals surface area contributed by atoms with Crippen molar-refractivity contribution in [3.63, 3.8) is 0 Å². The maximum absolute atomic E-state index is 14.0. The fraction of sp³-hybridized carbons (Fsp3) is 0.139. The van der Waals surface area contributed by atoms with Gasteiger partial charge in [-0.15, -0.1) is 23.1 Å². The lowest BCUT2D eigenvalue weighted by atomic mass is 10.0. The Morgan fingerprint density at radius 2 is 1.49 bits per heavy atom. The molecule has 9 heteroatoms. The van der Waals surface area contributed by atoms with Crippen LogP contribution in [0.5, 0.6) is 0 Å². The first-order valence-corrected chi connectivity index (χ1v) is 16.6. The van der Waals surface area contributed by atoms with Crippen LogP contribution in [0.15, 0.2) is 113 Å². The van der Waals surface area contributed by atoms with Crippen molar-refractivity contribution in [2.75, 3.05) is 22.6 Å². The van der Waals surface area contributed by atoms with Gasteiger partial charge in [0.15, 0.2) is 5.11 Å². The molecular formula is C36H33N3O3S3. The number of amides is 1. The number of nitrogens with one attached hydrogen (secondary N) is 3. The van der Waals surface area contributed by atoms with Crippen molar-refractivity contribution in [2.24, 2.45) is 0 Å². The maximum atomic E-state index is 14.0. The van der Waals surface area contributed by atoms with Gasteiger partial charge in [0.1, 0.15) is 15.8 Å². The number of hydrogen-bond donors (Lipinski definition) is 3. The maximum Gasteiger partial charge on any atom is 0.341 e. The van der Waals surface area contributed by atoms with Gasteiger partial charge in [0, 0.05) is 27.2 Å². The van der Waals surface area contributed by atoms with Gasteiger partial charge in [0.25, 0.3) is 0 Å². The Kier molecular flexibility index (Phi) is 10.7. The van der Waals surface area contributed by atoms with E-state index in [2.05, 4.69) is 16.0 Å². The van der Waals surface area contributed by atoms with Crippen LogP contribution in [0.3, 0.4) is 0 Å². The number of ether oxygens (including phenoxy) is 1. The monoisotopic (exact) mass is 651 g/mol. The van der Waals surface area contributed by atoms with Crippen molar-refractivity contribution in [1.82, 2.24) is 0 Å². The number of thiophene rings is 1. The zero-order valence-electron chi connectivity index (χ0n) is 25.1. The van der Waals surface area contributed by atoms with Gasteiger partial charge < -0.3 is 20.7 Å². The molecule has 0 aliphatic heterocycles. The van der Waals surface area contributed by atoms with E-state index in [1.165, 1.54) is 28.7 Å². The molecule has 5 rings (SSSR count). The van der Waals surface area contributed by atoms with Crippen LogP contribution < -0.4 is 16.0 Å². The molecule has 0 radical (unpaired) electrons. The first-order chi connectivity index (χ1) is 21.8. The number of rotatable bonds is 10.